The standard InChI is InChI=1S/C17H34N2O4/c1-14(2)18-5-7-23-16(9-18)12-21-13-17(3,4)19-6-8-22-15(10-19)11-20/h14-16,20H,5-13H2,1-4H3/t15-,16?/m1/s1. The SMILES string of the molecule is CC(C)N1CCOC(COCC(C)(C)N2CCO[C@@H](CO)C2)C1. The van der Waals surface area contributed by atoms with Crippen molar-refractivity contribution in [3.63, 3.8) is 0 Å². The lowest BCUT2D eigenvalue weighted by molar-refractivity contribution is -0.112. The van der Waals surface area contributed by atoms with Gasteiger partial charge in [0.1, 0.15) is 0 Å². The largest absolute Gasteiger partial charge is 0.394 e. The van der Waals surface area contributed by atoms with E-state index < -0.39 is 0 Å². The van der Waals surface area contributed by atoms with Crippen LogP contribution in [0.2, 0.25) is 0 Å². The van der Waals surface area contributed by atoms with Crippen LogP contribution < -0.4 is 0 Å². The number of ether oxygens (including phenoxy) is 3. The first-order valence-corrected chi connectivity index (χ1v) is 8.83. The van der Waals surface area contributed by atoms with Crippen molar-refractivity contribution in [1.82, 2.24) is 9.80 Å². The van der Waals surface area contributed by atoms with Gasteiger partial charge in [-0.05, 0) is 27.7 Å². The average molecular weight is 330 g/mol. The van der Waals surface area contributed by atoms with Gasteiger partial charge in [0.25, 0.3) is 0 Å². The minimum Gasteiger partial charge on any atom is -0.394 e. The van der Waals surface area contributed by atoms with E-state index in [4.69, 9.17) is 14.2 Å². The maximum Gasteiger partial charge on any atom is 0.0935 e. The summed E-state index contributed by atoms with van der Waals surface area (Å²) in [4.78, 5) is 4.79. The number of aliphatic hydroxyl groups is 1. The Morgan fingerprint density at radius 1 is 1.13 bits per heavy atom. The molecule has 0 aromatic carbocycles. The van der Waals surface area contributed by atoms with Gasteiger partial charge < -0.3 is 19.3 Å². The molecule has 23 heavy (non-hydrogen) atoms. The summed E-state index contributed by atoms with van der Waals surface area (Å²) >= 11 is 0. The van der Waals surface area contributed by atoms with Crippen LogP contribution in [0.5, 0.6) is 0 Å². The summed E-state index contributed by atoms with van der Waals surface area (Å²) in [6, 6.07) is 0.557. The molecule has 2 rings (SSSR count). The Bertz CT molecular complexity index is 351. The summed E-state index contributed by atoms with van der Waals surface area (Å²) in [5.74, 6) is 0. The fourth-order valence-corrected chi connectivity index (χ4v) is 3.22. The first kappa shape index (κ1) is 19.1. The van der Waals surface area contributed by atoms with Crippen LogP contribution >= 0.6 is 0 Å². The Labute approximate surface area is 140 Å². The molecule has 6 heteroatoms. The van der Waals surface area contributed by atoms with Crippen molar-refractivity contribution in [3.05, 3.63) is 0 Å². The predicted molar refractivity (Wildman–Crippen MR) is 89.7 cm³/mol. The van der Waals surface area contributed by atoms with Gasteiger partial charge in [-0.1, -0.05) is 0 Å². The summed E-state index contributed by atoms with van der Waals surface area (Å²) in [5, 5.41) is 9.29. The van der Waals surface area contributed by atoms with Gasteiger partial charge in [-0.15, -0.1) is 0 Å². The highest BCUT2D eigenvalue weighted by atomic mass is 16.5. The second-order valence-corrected chi connectivity index (χ2v) is 7.53. The van der Waals surface area contributed by atoms with Gasteiger partial charge in [0.15, 0.2) is 0 Å². The predicted octanol–water partition coefficient (Wildman–Crippen LogP) is 0.584. The Hall–Kier alpha value is -0.240. The summed E-state index contributed by atoms with van der Waals surface area (Å²) in [7, 11) is 0. The van der Waals surface area contributed by atoms with Crippen LogP contribution in [-0.2, 0) is 14.2 Å². The monoisotopic (exact) mass is 330 g/mol. The maximum atomic E-state index is 9.29. The van der Waals surface area contributed by atoms with E-state index >= 15 is 0 Å². The number of nitrogens with zero attached hydrogens (tertiary/aromatic N) is 2. The van der Waals surface area contributed by atoms with Gasteiger partial charge in [0.2, 0.25) is 0 Å². The highest BCUT2D eigenvalue weighted by Gasteiger charge is 2.32. The molecular weight excluding hydrogens is 296 g/mol. The van der Waals surface area contributed by atoms with Crippen molar-refractivity contribution >= 4 is 0 Å². The van der Waals surface area contributed by atoms with Crippen molar-refractivity contribution in [1.29, 1.82) is 0 Å². The van der Waals surface area contributed by atoms with E-state index in [9.17, 15) is 5.11 Å². The van der Waals surface area contributed by atoms with Crippen LogP contribution in [0.3, 0.4) is 0 Å². The van der Waals surface area contributed by atoms with Crippen LogP contribution in [0.15, 0.2) is 0 Å². The Morgan fingerprint density at radius 3 is 2.52 bits per heavy atom. The van der Waals surface area contributed by atoms with Gasteiger partial charge in [-0.2, -0.15) is 0 Å². The molecule has 2 atom stereocenters. The summed E-state index contributed by atoms with van der Waals surface area (Å²) in [5.41, 5.74) is -0.0659. The molecule has 1 unspecified atom stereocenters. The molecule has 6 nitrogen and oxygen atoms in total. The zero-order chi connectivity index (χ0) is 16.9. The van der Waals surface area contributed by atoms with E-state index in [0.717, 1.165) is 32.8 Å². The molecule has 0 spiro atoms. The van der Waals surface area contributed by atoms with Gasteiger partial charge >= 0.3 is 0 Å². The number of aliphatic hydroxyl groups excluding tert-OH is 1. The first-order chi connectivity index (χ1) is 10.9. The quantitative estimate of drug-likeness (QED) is 0.737. The summed E-state index contributed by atoms with van der Waals surface area (Å²) < 4.78 is 17.3. The lowest BCUT2D eigenvalue weighted by Crippen LogP contribution is -2.56. The molecule has 2 heterocycles. The van der Waals surface area contributed by atoms with Gasteiger partial charge in [0.05, 0.1) is 45.2 Å². The molecule has 0 saturated carbocycles. The zero-order valence-electron chi connectivity index (χ0n) is 15.2. The molecule has 136 valence electrons. The molecule has 2 saturated heterocycles. The summed E-state index contributed by atoms with van der Waals surface area (Å²) in [6.07, 6.45) is 0.0844. The molecule has 0 aromatic heterocycles. The first-order valence-electron chi connectivity index (χ1n) is 8.83. The number of rotatable bonds is 7. The fraction of sp³-hybridized carbons (Fsp3) is 1.00. The van der Waals surface area contributed by atoms with Crippen LogP contribution in [0, 0.1) is 0 Å². The lowest BCUT2D eigenvalue weighted by atomic mass is 10.0. The van der Waals surface area contributed by atoms with Crippen molar-refractivity contribution in [2.75, 3.05) is 59.2 Å². The van der Waals surface area contributed by atoms with E-state index in [1.807, 2.05) is 0 Å². The minimum absolute atomic E-state index is 0.0659. The normalized spacial score (nSPS) is 28.4. The molecule has 0 aliphatic carbocycles. The van der Waals surface area contributed by atoms with Crippen molar-refractivity contribution in [3.8, 4) is 0 Å². The van der Waals surface area contributed by atoms with Crippen LogP contribution in [0.4, 0.5) is 0 Å². The van der Waals surface area contributed by atoms with E-state index in [0.29, 0.717) is 25.9 Å². The Balaban J connectivity index is 1.73. The third-order valence-corrected chi connectivity index (χ3v) is 4.86. The molecule has 2 aliphatic rings. The fourth-order valence-electron chi connectivity index (χ4n) is 3.22. The Morgan fingerprint density at radius 2 is 1.83 bits per heavy atom. The van der Waals surface area contributed by atoms with Crippen molar-refractivity contribution in [2.45, 2.75) is 51.5 Å². The van der Waals surface area contributed by atoms with Gasteiger partial charge in [-0.25, -0.2) is 0 Å². The molecule has 0 aromatic rings. The van der Waals surface area contributed by atoms with Crippen molar-refractivity contribution < 1.29 is 19.3 Å². The molecule has 2 fully saturated rings. The molecule has 2 aliphatic heterocycles. The number of hydrogen-bond donors (Lipinski definition) is 1. The number of hydrogen-bond acceptors (Lipinski definition) is 6. The highest BCUT2D eigenvalue weighted by Crippen LogP contribution is 2.19. The maximum absolute atomic E-state index is 9.29. The van der Waals surface area contributed by atoms with Crippen molar-refractivity contribution in [2.24, 2.45) is 0 Å². The molecule has 0 amide bonds. The van der Waals surface area contributed by atoms with Crippen LogP contribution in [0.25, 0.3) is 0 Å². The molecule has 0 bridgehead atoms. The smallest absolute Gasteiger partial charge is 0.0935 e. The molecular formula is C17H34N2O4. The summed E-state index contributed by atoms with van der Waals surface area (Å²) in [6.45, 7) is 15.3. The third-order valence-electron chi connectivity index (χ3n) is 4.86. The Kier molecular flexibility index (Phi) is 7.25. The van der Waals surface area contributed by atoms with E-state index in [-0.39, 0.29) is 24.4 Å². The zero-order valence-corrected chi connectivity index (χ0v) is 15.2. The average Bonchev–Trinajstić information content (AvgIpc) is 2.55. The molecule has 0 radical (unpaired) electrons. The third kappa shape index (κ3) is 5.66. The van der Waals surface area contributed by atoms with E-state index in [1.54, 1.807) is 0 Å². The van der Waals surface area contributed by atoms with E-state index in [1.165, 1.54) is 0 Å². The second-order valence-electron chi connectivity index (χ2n) is 7.53. The minimum atomic E-state index is -0.0793. The highest BCUT2D eigenvalue weighted by molar-refractivity contribution is 4.86. The van der Waals surface area contributed by atoms with Gasteiger partial charge in [-0.3, -0.25) is 9.80 Å². The van der Waals surface area contributed by atoms with E-state index in [2.05, 4.69) is 37.5 Å². The number of morpholine rings is 2. The van der Waals surface area contributed by atoms with Gasteiger partial charge in [0, 0.05) is 37.8 Å². The lowest BCUT2D eigenvalue weighted by Gasteiger charge is -2.43. The molecule has 1 N–H and O–H groups in total. The second kappa shape index (κ2) is 8.74. The van der Waals surface area contributed by atoms with Crippen LogP contribution in [0.1, 0.15) is 27.7 Å². The topological polar surface area (TPSA) is 54.4 Å². The van der Waals surface area contributed by atoms with Crippen LogP contribution in [-0.4, -0.2) is 97.9 Å².